The Hall–Kier alpha value is -2.82. The van der Waals surface area contributed by atoms with Crippen molar-refractivity contribution in [2.75, 3.05) is 20.3 Å². The monoisotopic (exact) mass is 296 g/mol. The van der Waals surface area contributed by atoms with Crippen LogP contribution in [-0.2, 0) is 0 Å². The first-order valence-electron chi connectivity index (χ1n) is 6.96. The maximum absolute atomic E-state index is 5.69. The summed E-state index contributed by atoms with van der Waals surface area (Å²) in [6.45, 7) is 0.845. The third kappa shape index (κ3) is 3.25. The van der Waals surface area contributed by atoms with Gasteiger partial charge >= 0.3 is 0 Å². The molecular formula is C17H16N2O3. The lowest BCUT2D eigenvalue weighted by Crippen LogP contribution is -2.10. The van der Waals surface area contributed by atoms with E-state index in [4.69, 9.17) is 14.2 Å². The number of ether oxygens (including phenoxy) is 3. The Bertz CT molecular complexity index is 739. The molecule has 0 amide bonds. The molecule has 22 heavy (non-hydrogen) atoms. The molecule has 0 saturated carbocycles. The van der Waals surface area contributed by atoms with E-state index in [1.807, 2.05) is 48.5 Å². The number of benzene rings is 2. The Morgan fingerprint density at radius 3 is 2.36 bits per heavy atom. The summed E-state index contributed by atoms with van der Waals surface area (Å²) in [5.41, 5.74) is 0.864. The van der Waals surface area contributed by atoms with Gasteiger partial charge in [-0.15, -0.1) is 0 Å². The molecule has 0 N–H and O–H groups in total. The van der Waals surface area contributed by atoms with Crippen molar-refractivity contribution in [3.05, 3.63) is 54.9 Å². The highest BCUT2D eigenvalue weighted by atomic mass is 16.5. The number of nitrogens with zero attached hydrogens (tertiary/aromatic N) is 2. The minimum atomic E-state index is 0.410. The highest BCUT2D eigenvalue weighted by molar-refractivity contribution is 5.82. The summed E-state index contributed by atoms with van der Waals surface area (Å²) in [6.07, 6.45) is 1.50. The minimum Gasteiger partial charge on any atom is -0.497 e. The SMILES string of the molecule is COc1ccc(OCCOc2ncnc3ccccc23)cc1. The number of fused-ring (bicyclic) bond motifs is 1. The van der Waals surface area contributed by atoms with Crippen LogP contribution < -0.4 is 14.2 Å². The molecule has 1 aromatic heterocycles. The molecule has 0 fully saturated rings. The summed E-state index contributed by atoms with van der Waals surface area (Å²) >= 11 is 0. The highest BCUT2D eigenvalue weighted by Crippen LogP contribution is 2.20. The molecule has 0 radical (unpaired) electrons. The summed E-state index contributed by atoms with van der Waals surface area (Å²) in [5, 5.41) is 0.898. The quantitative estimate of drug-likeness (QED) is 0.654. The van der Waals surface area contributed by atoms with Crippen LogP contribution in [0.1, 0.15) is 0 Å². The zero-order valence-electron chi connectivity index (χ0n) is 12.2. The average Bonchev–Trinajstić information content (AvgIpc) is 2.59. The molecule has 0 bridgehead atoms. The van der Waals surface area contributed by atoms with Crippen LogP contribution in [0.15, 0.2) is 54.9 Å². The minimum absolute atomic E-state index is 0.410. The van der Waals surface area contributed by atoms with Gasteiger partial charge in [0.25, 0.3) is 0 Å². The second kappa shape index (κ2) is 6.76. The standard InChI is InChI=1S/C17H16N2O3/c1-20-13-6-8-14(9-7-13)21-10-11-22-17-15-4-2-3-5-16(15)18-12-19-17/h2-9,12H,10-11H2,1H3. The zero-order valence-corrected chi connectivity index (χ0v) is 12.2. The van der Waals surface area contributed by atoms with E-state index in [9.17, 15) is 0 Å². The van der Waals surface area contributed by atoms with Crippen molar-refractivity contribution in [1.82, 2.24) is 9.97 Å². The molecule has 3 rings (SSSR count). The maximum Gasteiger partial charge on any atom is 0.224 e. The van der Waals surface area contributed by atoms with E-state index in [0.717, 1.165) is 22.4 Å². The second-order valence-electron chi connectivity index (χ2n) is 4.57. The normalized spacial score (nSPS) is 10.4. The molecule has 112 valence electrons. The Morgan fingerprint density at radius 2 is 1.55 bits per heavy atom. The lowest BCUT2D eigenvalue weighted by atomic mass is 10.2. The summed E-state index contributed by atoms with van der Waals surface area (Å²) < 4.78 is 16.4. The van der Waals surface area contributed by atoms with E-state index >= 15 is 0 Å². The highest BCUT2D eigenvalue weighted by Gasteiger charge is 2.03. The second-order valence-corrected chi connectivity index (χ2v) is 4.57. The Balaban J connectivity index is 1.56. The van der Waals surface area contributed by atoms with Crippen molar-refractivity contribution < 1.29 is 14.2 Å². The van der Waals surface area contributed by atoms with Crippen LogP contribution in [0, 0.1) is 0 Å². The summed E-state index contributed by atoms with van der Waals surface area (Å²) in [7, 11) is 1.63. The van der Waals surface area contributed by atoms with Gasteiger partial charge in [0.2, 0.25) is 5.88 Å². The van der Waals surface area contributed by atoms with Crippen molar-refractivity contribution in [3.63, 3.8) is 0 Å². The van der Waals surface area contributed by atoms with Crippen LogP contribution in [0.3, 0.4) is 0 Å². The van der Waals surface area contributed by atoms with Gasteiger partial charge in [0, 0.05) is 0 Å². The Labute approximate surface area is 128 Å². The van der Waals surface area contributed by atoms with Crippen LogP contribution >= 0.6 is 0 Å². The molecule has 0 saturated heterocycles. The van der Waals surface area contributed by atoms with Crippen LogP contribution in [0.5, 0.6) is 17.4 Å². The summed E-state index contributed by atoms with van der Waals surface area (Å²) in [5.74, 6) is 2.15. The van der Waals surface area contributed by atoms with Crippen molar-refractivity contribution in [3.8, 4) is 17.4 Å². The van der Waals surface area contributed by atoms with E-state index in [1.54, 1.807) is 7.11 Å². The van der Waals surface area contributed by atoms with Gasteiger partial charge in [0.1, 0.15) is 31.0 Å². The first-order valence-corrected chi connectivity index (χ1v) is 6.96. The Kier molecular flexibility index (Phi) is 4.34. The number of rotatable bonds is 6. The van der Waals surface area contributed by atoms with Gasteiger partial charge < -0.3 is 14.2 Å². The van der Waals surface area contributed by atoms with Crippen molar-refractivity contribution in [2.45, 2.75) is 0 Å². The first kappa shape index (κ1) is 14.1. The molecule has 5 nitrogen and oxygen atoms in total. The van der Waals surface area contributed by atoms with E-state index in [0.29, 0.717) is 19.1 Å². The molecule has 2 aromatic carbocycles. The fourth-order valence-corrected chi connectivity index (χ4v) is 2.06. The number of aromatic nitrogens is 2. The lowest BCUT2D eigenvalue weighted by molar-refractivity contribution is 0.213. The lowest BCUT2D eigenvalue weighted by Gasteiger charge is -2.09. The van der Waals surface area contributed by atoms with Crippen molar-refractivity contribution in [2.24, 2.45) is 0 Å². The van der Waals surface area contributed by atoms with Crippen LogP contribution in [0.2, 0.25) is 0 Å². The van der Waals surface area contributed by atoms with Crippen molar-refractivity contribution >= 4 is 10.9 Å². The summed E-state index contributed by atoms with van der Waals surface area (Å²) in [4.78, 5) is 8.37. The van der Waals surface area contributed by atoms with Crippen LogP contribution in [0.25, 0.3) is 10.9 Å². The summed E-state index contributed by atoms with van der Waals surface area (Å²) in [6, 6.07) is 15.2. The molecule has 0 unspecified atom stereocenters. The van der Waals surface area contributed by atoms with Gasteiger partial charge in [0.05, 0.1) is 18.0 Å². The number of para-hydroxylation sites is 1. The van der Waals surface area contributed by atoms with Crippen LogP contribution in [-0.4, -0.2) is 30.3 Å². The fourth-order valence-electron chi connectivity index (χ4n) is 2.06. The number of hydrogen-bond acceptors (Lipinski definition) is 5. The van der Waals surface area contributed by atoms with Gasteiger partial charge in [-0.25, -0.2) is 9.97 Å². The largest absolute Gasteiger partial charge is 0.497 e. The van der Waals surface area contributed by atoms with Gasteiger partial charge in [0.15, 0.2) is 0 Å². The molecule has 0 atom stereocenters. The van der Waals surface area contributed by atoms with E-state index in [1.165, 1.54) is 6.33 Å². The Morgan fingerprint density at radius 1 is 0.818 bits per heavy atom. The molecular weight excluding hydrogens is 280 g/mol. The van der Waals surface area contributed by atoms with Crippen molar-refractivity contribution in [1.29, 1.82) is 0 Å². The molecule has 0 aliphatic rings. The van der Waals surface area contributed by atoms with E-state index in [2.05, 4.69) is 9.97 Å². The topological polar surface area (TPSA) is 53.5 Å². The van der Waals surface area contributed by atoms with Gasteiger partial charge in [-0.3, -0.25) is 0 Å². The molecule has 0 spiro atoms. The zero-order chi connectivity index (χ0) is 15.2. The predicted octanol–water partition coefficient (Wildman–Crippen LogP) is 3.10. The number of methoxy groups -OCH3 is 1. The molecule has 5 heteroatoms. The van der Waals surface area contributed by atoms with E-state index in [-0.39, 0.29) is 0 Å². The fraction of sp³-hybridized carbons (Fsp3) is 0.176. The van der Waals surface area contributed by atoms with Gasteiger partial charge in [-0.2, -0.15) is 0 Å². The number of hydrogen-bond donors (Lipinski definition) is 0. The molecule has 0 aliphatic heterocycles. The first-order chi connectivity index (χ1) is 10.9. The third-order valence-corrected chi connectivity index (χ3v) is 3.16. The predicted molar refractivity (Wildman–Crippen MR) is 83.5 cm³/mol. The molecule has 0 aliphatic carbocycles. The van der Waals surface area contributed by atoms with Crippen LogP contribution in [0.4, 0.5) is 0 Å². The van der Waals surface area contributed by atoms with E-state index < -0.39 is 0 Å². The average molecular weight is 296 g/mol. The third-order valence-electron chi connectivity index (χ3n) is 3.16. The molecule has 3 aromatic rings. The smallest absolute Gasteiger partial charge is 0.224 e. The molecule has 1 heterocycles. The maximum atomic E-state index is 5.69. The van der Waals surface area contributed by atoms with Gasteiger partial charge in [-0.05, 0) is 36.4 Å². The van der Waals surface area contributed by atoms with Gasteiger partial charge in [-0.1, -0.05) is 12.1 Å².